The van der Waals surface area contributed by atoms with Crippen LogP contribution in [0.15, 0.2) is 67.0 Å². The Morgan fingerprint density at radius 3 is 2.54 bits per heavy atom. The molecule has 0 aliphatic heterocycles. The van der Waals surface area contributed by atoms with Crippen LogP contribution in [-0.4, -0.2) is 16.0 Å². The van der Waals surface area contributed by atoms with Crippen molar-refractivity contribution >= 4 is 23.2 Å². The predicted molar refractivity (Wildman–Crippen MR) is 94.6 cm³/mol. The fraction of sp³-hybridized carbons (Fsp3) is 0.0526. The van der Waals surface area contributed by atoms with Gasteiger partial charge in [-0.1, -0.05) is 29.8 Å². The van der Waals surface area contributed by atoms with Gasteiger partial charge in [-0.2, -0.15) is 0 Å². The molecule has 0 unspecified atom stereocenters. The minimum absolute atomic E-state index is 0.212. The Hall–Kier alpha value is -2.85. The number of pyridine rings is 1. The maximum atomic E-state index is 12.3. The molecule has 2 aromatic carbocycles. The zero-order valence-corrected chi connectivity index (χ0v) is 13.5. The van der Waals surface area contributed by atoms with Gasteiger partial charge in [-0.3, -0.25) is 9.78 Å². The Morgan fingerprint density at radius 2 is 1.79 bits per heavy atom. The highest BCUT2D eigenvalue weighted by Crippen LogP contribution is 2.27. The first-order valence-corrected chi connectivity index (χ1v) is 7.78. The predicted octanol–water partition coefficient (Wildman–Crippen LogP) is 4.28. The largest absolute Gasteiger partial charge is 0.508 e. The van der Waals surface area contributed by atoms with Gasteiger partial charge >= 0.3 is 0 Å². The number of benzene rings is 2. The van der Waals surface area contributed by atoms with Crippen LogP contribution in [0, 0.1) is 0 Å². The fourth-order valence-corrected chi connectivity index (χ4v) is 2.59. The zero-order valence-electron chi connectivity index (χ0n) is 12.7. The maximum Gasteiger partial charge on any atom is 0.255 e. The van der Waals surface area contributed by atoms with Gasteiger partial charge in [-0.05, 0) is 47.5 Å². The molecule has 0 bridgehead atoms. The van der Waals surface area contributed by atoms with Crippen LogP contribution in [0.4, 0.5) is 5.69 Å². The summed E-state index contributed by atoms with van der Waals surface area (Å²) in [6.45, 7) is 0. The van der Waals surface area contributed by atoms with Gasteiger partial charge in [0.15, 0.2) is 0 Å². The summed E-state index contributed by atoms with van der Waals surface area (Å²) in [5.74, 6) is -0.0119. The summed E-state index contributed by atoms with van der Waals surface area (Å²) >= 11 is 6.09. The van der Waals surface area contributed by atoms with Gasteiger partial charge in [0.05, 0.1) is 0 Å². The highest BCUT2D eigenvalue weighted by atomic mass is 35.5. The van der Waals surface area contributed by atoms with Crippen molar-refractivity contribution in [3.63, 3.8) is 0 Å². The van der Waals surface area contributed by atoms with Gasteiger partial charge in [-0.15, -0.1) is 0 Å². The summed E-state index contributed by atoms with van der Waals surface area (Å²) in [6, 6.07) is 15.7. The number of nitrogens with zero attached hydrogens (tertiary/aromatic N) is 1. The lowest BCUT2D eigenvalue weighted by Gasteiger charge is -2.12. The third-order valence-electron chi connectivity index (χ3n) is 3.63. The maximum absolute atomic E-state index is 12.3. The lowest BCUT2D eigenvalue weighted by atomic mass is 10.0. The van der Waals surface area contributed by atoms with Gasteiger partial charge in [0.1, 0.15) is 5.75 Å². The van der Waals surface area contributed by atoms with Crippen LogP contribution >= 0.6 is 11.6 Å². The molecule has 0 radical (unpaired) electrons. The number of aromatic hydroxyl groups is 1. The van der Waals surface area contributed by atoms with Crippen LogP contribution < -0.4 is 5.32 Å². The number of amides is 1. The first-order chi connectivity index (χ1) is 11.6. The quantitative estimate of drug-likeness (QED) is 0.746. The van der Waals surface area contributed by atoms with E-state index in [0.717, 1.165) is 11.1 Å². The summed E-state index contributed by atoms with van der Waals surface area (Å²) in [7, 11) is 0. The molecule has 5 heteroatoms. The van der Waals surface area contributed by atoms with Crippen molar-refractivity contribution in [2.24, 2.45) is 0 Å². The molecule has 0 atom stereocenters. The Labute approximate surface area is 144 Å². The normalized spacial score (nSPS) is 10.4. The van der Waals surface area contributed by atoms with Crippen molar-refractivity contribution in [2.75, 3.05) is 5.32 Å². The van der Waals surface area contributed by atoms with E-state index in [9.17, 15) is 9.90 Å². The van der Waals surface area contributed by atoms with E-state index in [2.05, 4.69) is 10.3 Å². The monoisotopic (exact) mass is 338 g/mol. The molecule has 24 heavy (non-hydrogen) atoms. The van der Waals surface area contributed by atoms with Crippen molar-refractivity contribution in [1.29, 1.82) is 0 Å². The number of phenolic OH excluding ortho intramolecular Hbond substituents is 1. The molecule has 0 fully saturated rings. The minimum Gasteiger partial charge on any atom is -0.508 e. The number of phenols is 1. The Bertz CT molecular complexity index is 866. The Kier molecular flexibility index (Phi) is 4.77. The number of hydrogen-bond donors (Lipinski definition) is 2. The standard InChI is InChI=1S/C19H15ClN2O2/c20-16-5-6-17(22-19(24)13-7-9-21-10-8-13)15(12-16)11-14-3-1-2-4-18(14)23/h1-10,12,23H,11H2,(H,22,24). The van der Waals surface area contributed by atoms with Gasteiger partial charge in [-0.25, -0.2) is 0 Å². The van der Waals surface area contributed by atoms with Crippen molar-refractivity contribution < 1.29 is 9.90 Å². The number of hydrogen-bond acceptors (Lipinski definition) is 3. The zero-order chi connectivity index (χ0) is 16.9. The molecule has 0 aliphatic rings. The molecule has 0 saturated heterocycles. The van der Waals surface area contributed by atoms with Crippen molar-refractivity contribution in [3.8, 4) is 5.75 Å². The number of carbonyl (C=O) groups is 1. The Balaban J connectivity index is 1.89. The molecule has 120 valence electrons. The molecular formula is C19H15ClN2O2. The third-order valence-corrected chi connectivity index (χ3v) is 3.87. The fourth-order valence-electron chi connectivity index (χ4n) is 2.39. The molecule has 4 nitrogen and oxygen atoms in total. The lowest BCUT2D eigenvalue weighted by molar-refractivity contribution is 0.102. The van der Waals surface area contributed by atoms with E-state index in [-0.39, 0.29) is 11.7 Å². The third kappa shape index (κ3) is 3.73. The molecule has 3 rings (SSSR count). The molecule has 0 aliphatic carbocycles. The van der Waals surface area contributed by atoms with E-state index >= 15 is 0 Å². The van der Waals surface area contributed by atoms with Crippen molar-refractivity contribution in [2.45, 2.75) is 6.42 Å². The van der Waals surface area contributed by atoms with Crippen LogP contribution in [0.2, 0.25) is 5.02 Å². The van der Waals surface area contributed by atoms with Crippen molar-refractivity contribution in [1.82, 2.24) is 4.98 Å². The van der Waals surface area contributed by atoms with E-state index in [1.54, 1.807) is 54.9 Å². The average molecular weight is 339 g/mol. The summed E-state index contributed by atoms with van der Waals surface area (Å²) < 4.78 is 0. The summed E-state index contributed by atoms with van der Waals surface area (Å²) in [6.07, 6.45) is 3.60. The van der Waals surface area contributed by atoms with Gasteiger partial charge in [0, 0.05) is 35.1 Å². The van der Waals surface area contributed by atoms with E-state index < -0.39 is 0 Å². The first kappa shape index (κ1) is 16.0. The van der Waals surface area contributed by atoms with Crippen LogP contribution in [0.25, 0.3) is 0 Å². The highest BCUT2D eigenvalue weighted by Gasteiger charge is 2.11. The number of rotatable bonds is 4. The molecule has 1 amide bonds. The van der Waals surface area contributed by atoms with Gasteiger partial charge in [0.25, 0.3) is 5.91 Å². The number of anilines is 1. The number of para-hydroxylation sites is 1. The van der Waals surface area contributed by atoms with E-state index in [1.165, 1.54) is 0 Å². The second-order valence-electron chi connectivity index (χ2n) is 5.30. The van der Waals surface area contributed by atoms with Gasteiger partial charge in [0.2, 0.25) is 0 Å². The number of nitrogens with one attached hydrogen (secondary N) is 1. The molecular weight excluding hydrogens is 324 g/mol. The smallest absolute Gasteiger partial charge is 0.255 e. The Morgan fingerprint density at radius 1 is 1.04 bits per heavy atom. The highest BCUT2D eigenvalue weighted by molar-refractivity contribution is 6.30. The average Bonchev–Trinajstić information content (AvgIpc) is 2.60. The second kappa shape index (κ2) is 7.15. The van der Waals surface area contributed by atoms with Crippen LogP contribution in [-0.2, 0) is 6.42 Å². The van der Waals surface area contributed by atoms with Crippen LogP contribution in [0.5, 0.6) is 5.75 Å². The van der Waals surface area contributed by atoms with E-state index in [4.69, 9.17) is 11.6 Å². The second-order valence-corrected chi connectivity index (χ2v) is 5.73. The number of aromatic nitrogens is 1. The van der Waals surface area contributed by atoms with Crippen molar-refractivity contribution in [3.05, 3.63) is 88.7 Å². The molecule has 3 aromatic rings. The van der Waals surface area contributed by atoms with Crippen LogP contribution in [0.1, 0.15) is 21.5 Å². The number of halogens is 1. The molecule has 0 spiro atoms. The molecule has 1 heterocycles. The summed E-state index contributed by atoms with van der Waals surface area (Å²) in [5, 5.41) is 13.4. The van der Waals surface area contributed by atoms with E-state index in [1.807, 2.05) is 12.1 Å². The SMILES string of the molecule is O=C(Nc1ccc(Cl)cc1Cc1ccccc1O)c1ccncc1. The summed E-state index contributed by atoms with van der Waals surface area (Å²) in [5.41, 5.74) is 2.77. The molecule has 0 saturated carbocycles. The molecule has 1 aromatic heterocycles. The first-order valence-electron chi connectivity index (χ1n) is 7.40. The van der Waals surface area contributed by atoms with E-state index in [0.29, 0.717) is 22.7 Å². The minimum atomic E-state index is -0.224. The van der Waals surface area contributed by atoms with Crippen LogP contribution in [0.3, 0.4) is 0 Å². The summed E-state index contributed by atoms with van der Waals surface area (Å²) in [4.78, 5) is 16.3. The molecule has 2 N–H and O–H groups in total. The topological polar surface area (TPSA) is 62.2 Å². The lowest BCUT2D eigenvalue weighted by Crippen LogP contribution is -2.13. The van der Waals surface area contributed by atoms with Gasteiger partial charge < -0.3 is 10.4 Å². The number of carbonyl (C=O) groups excluding carboxylic acids is 1.